The van der Waals surface area contributed by atoms with Crippen LogP contribution in [0.25, 0.3) is 0 Å². The number of rotatable bonds is 3. The lowest BCUT2D eigenvalue weighted by atomic mass is 9.80. The second-order valence-electron chi connectivity index (χ2n) is 4.82. The lowest BCUT2D eigenvalue weighted by Crippen LogP contribution is -2.40. The molecule has 0 amide bonds. The Morgan fingerprint density at radius 3 is 2.62 bits per heavy atom. The summed E-state index contributed by atoms with van der Waals surface area (Å²) < 4.78 is 0. The summed E-state index contributed by atoms with van der Waals surface area (Å²) in [4.78, 5) is 2.65. The van der Waals surface area contributed by atoms with Crippen molar-refractivity contribution in [3.05, 3.63) is 0 Å². The maximum absolute atomic E-state index is 5.69. The summed E-state index contributed by atoms with van der Waals surface area (Å²) in [6, 6.07) is 0.824. The van der Waals surface area contributed by atoms with Crippen LogP contribution in [0.3, 0.4) is 0 Å². The molecule has 1 saturated carbocycles. The molecule has 0 aromatic heterocycles. The molecule has 0 aromatic rings. The van der Waals surface area contributed by atoms with Crippen molar-refractivity contribution >= 4 is 0 Å². The van der Waals surface area contributed by atoms with Crippen molar-refractivity contribution in [1.82, 2.24) is 4.90 Å². The van der Waals surface area contributed by atoms with E-state index in [1.807, 2.05) is 0 Å². The van der Waals surface area contributed by atoms with Gasteiger partial charge in [-0.3, -0.25) is 0 Å². The van der Waals surface area contributed by atoms with Gasteiger partial charge in [-0.05, 0) is 51.1 Å². The van der Waals surface area contributed by atoms with Crippen LogP contribution in [0.2, 0.25) is 0 Å². The zero-order valence-corrected chi connectivity index (χ0v) is 8.71. The van der Waals surface area contributed by atoms with Crippen LogP contribution in [-0.4, -0.2) is 30.6 Å². The molecule has 13 heavy (non-hydrogen) atoms. The number of hydrogen-bond donors (Lipinski definition) is 1. The Bertz CT molecular complexity index is 165. The minimum atomic E-state index is 0.780. The molecule has 1 saturated heterocycles. The lowest BCUT2D eigenvalue weighted by molar-refractivity contribution is 0.127. The second kappa shape index (κ2) is 3.97. The molecule has 1 aliphatic carbocycles. The molecule has 0 aromatic carbocycles. The van der Waals surface area contributed by atoms with E-state index in [-0.39, 0.29) is 0 Å². The Kier molecular flexibility index (Phi) is 2.89. The summed E-state index contributed by atoms with van der Waals surface area (Å²) >= 11 is 0. The first-order chi connectivity index (χ1) is 6.31. The van der Waals surface area contributed by atoms with E-state index in [1.165, 1.54) is 38.8 Å². The van der Waals surface area contributed by atoms with Gasteiger partial charge in [0, 0.05) is 12.6 Å². The van der Waals surface area contributed by atoms with E-state index in [9.17, 15) is 0 Å². The zero-order valence-electron chi connectivity index (χ0n) is 8.71. The lowest BCUT2D eigenvalue weighted by Gasteiger charge is -2.37. The summed E-state index contributed by atoms with van der Waals surface area (Å²) in [5.41, 5.74) is 5.69. The molecule has 1 heterocycles. The fourth-order valence-electron chi connectivity index (χ4n) is 2.65. The molecule has 2 nitrogen and oxygen atoms in total. The SMILES string of the molecule is CC(C1CCC1)N1CCC(CN)C1. The van der Waals surface area contributed by atoms with Gasteiger partial charge in [-0.25, -0.2) is 0 Å². The Morgan fingerprint density at radius 2 is 2.15 bits per heavy atom. The van der Waals surface area contributed by atoms with Crippen molar-refractivity contribution < 1.29 is 0 Å². The molecular weight excluding hydrogens is 160 g/mol. The van der Waals surface area contributed by atoms with Gasteiger partial charge in [-0.2, -0.15) is 0 Å². The molecule has 2 heteroatoms. The van der Waals surface area contributed by atoms with Crippen LogP contribution in [0, 0.1) is 11.8 Å². The van der Waals surface area contributed by atoms with Crippen molar-refractivity contribution in [2.75, 3.05) is 19.6 Å². The minimum Gasteiger partial charge on any atom is -0.330 e. The topological polar surface area (TPSA) is 29.3 Å². The summed E-state index contributed by atoms with van der Waals surface area (Å²) in [6.07, 6.45) is 5.71. The van der Waals surface area contributed by atoms with E-state index in [1.54, 1.807) is 0 Å². The molecule has 2 aliphatic rings. The van der Waals surface area contributed by atoms with E-state index in [2.05, 4.69) is 11.8 Å². The summed E-state index contributed by atoms with van der Waals surface area (Å²) in [6.45, 7) is 5.84. The van der Waals surface area contributed by atoms with Crippen LogP contribution in [0.5, 0.6) is 0 Å². The van der Waals surface area contributed by atoms with Gasteiger partial charge >= 0.3 is 0 Å². The van der Waals surface area contributed by atoms with E-state index in [0.29, 0.717) is 0 Å². The molecule has 2 fully saturated rings. The van der Waals surface area contributed by atoms with Crippen LogP contribution < -0.4 is 5.73 Å². The maximum atomic E-state index is 5.69. The molecule has 0 bridgehead atoms. The minimum absolute atomic E-state index is 0.780. The van der Waals surface area contributed by atoms with Gasteiger partial charge in [0.1, 0.15) is 0 Å². The van der Waals surface area contributed by atoms with Crippen molar-refractivity contribution in [3.8, 4) is 0 Å². The monoisotopic (exact) mass is 182 g/mol. The van der Waals surface area contributed by atoms with Crippen LogP contribution in [0.15, 0.2) is 0 Å². The fraction of sp³-hybridized carbons (Fsp3) is 1.00. The molecule has 2 atom stereocenters. The van der Waals surface area contributed by atoms with Gasteiger partial charge < -0.3 is 10.6 Å². The van der Waals surface area contributed by atoms with Crippen LogP contribution in [-0.2, 0) is 0 Å². The molecule has 2 unspecified atom stereocenters. The highest BCUT2D eigenvalue weighted by molar-refractivity contribution is 4.86. The van der Waals surface area contributed by atoms with Gasteiger partial charge in [0.05, 0.1) is 0 Å². The van der Waals surface area contributed by atoms with E-state index >= 15 is 0 Å². The highest BCUT2D eigenvalue weighted by atomic mass is 15.2. The first-order valence-corrected chi connectivity index (χ1v) is 5.75. The Labute approximate surface area is 81.5 Å². The molecule has 2 rings (SSSR count). The summed E-state index contributed by atoms with van der Waals surface area (Å²) in [5.74, 6) is 1.78. The normalized spacial score (nSPS) is 33.2. The number of nitrogens with zero attached hydrogens (tertiary/aromatic N) is 1. The van der Waals surface area contributed by atoms with Gasteiger partial charge in [0.2, 0.25) is 0 Å². The predicted octanol–water partition coefficient (Wildman–Crippen LogP) is 1.46. The first kappa shape index (κ1) is 9.47. The highest BCUT2D eigenvalue weighted by Crippen LogP contribution is 2.33. The van der Waals surface area contributed by atoms with Crippen molar-refractivity contribution in [2.24, 2.45) is 17.6 Å². The molecule has 0 spiro atoms. The average molecular weight is 182 g/mol. The molecular formula is C11H22N2. The number of hydrogen-bond acceptors (Lipinski definition) is 2. The van der Waals surface area contributed by atoms with Crippen molar-refractivity contribution in [3.63, 3.8) is 0 Å². The first-order valence-electron chi connectivity index (χ1n) is 5.75. The predicted molar refractivity (Wildman–Crippen MR) is 55.5 cm³/mol. The Hall–Kier alpha value is -0.0800. The largest absolute Gasteiger partial charge is 0.330 e. The molecule has 0 radical (unpaired) electrons. The molecule has 76 valence electrons. The number of nitrogens with two attached hydrogens (primary N) is 1. The third-order valence-electron chi connectivity index (χ3n) is 4.06. The zero-order chi connectivity index (χ0) is 9.26. The Balaban J connectivity index is 1.80. The number of likely N-dealkylation sites (tertiary alicyclic amines) is 1. The maximum Gasteiger partial charge on any atom is 0.00953 e. The van der Waals surface area contributed by atoms with Gasteiger partial charge in [-0.15, -0.1) is 0 Å². The van der Waals surface area contributed by atoms with Crippen molar-refractivity contribution in [2.45, 2.75) is 38.6 Å². The average Bonchev–Trinajstić information content (AvgIpc) is 2.48. The van der Waals surface area contributed by atoms with E-state index in [4.69, 9.17) is 5.73 Å². The van der Waals surface area contributed by atoms with Crippen LogP contribution >= 0.6 is 0 Å². The smallest absolute Gasteiger partial charge is 0.00953 e. The van der Waals surface area contributed by atoms with Gasteiger partial charge in [0.25, 0.3) is 0 Å². The molecule has 1 aliphatic heterocycles. The third kappa shape index (κ3) is 1.89. The Morgan fingerprint density at radius 1 is 1.38 bits per heavy atom. The second-order valence-corrected chi connectivity index (χ2v) is 4.82. The van der Waals surface area contributed by atoms with E-state index in [0.717, 1.165) is 24.4 Å². The summed E-state index contributed by atoms with van der Waals surface area (Å²) in [7, 11) is 0. The third-order valence-corrected chi connectivity index (χ3v) is 4.06. The van der Waals surface area contributed by atoms with Crippen molar-refractivity contribution in [1.29, 1.82) is 0 Å². The molecule has 2 N–H and O–H groups in total. The summed E-state index contributed by atoms with van der Waals surface area (Å²) in [5, 5.41) is 0. The fourth-order valence-corrected chi connectivity index (χ4v) is 2.65. The van der Waals surface area contributed by atoms with Gasteiger partial charge in [0.15, 0.2) is 0 Å². The van der Waals surface area contributed by atoms with Gasteiger partial charge in [-0.1, -0.05) is 6.42 Å². The highest BCUT2D eigenvalue weighted by Gasteiger charge is 2.32. The quantitative estimate of drug-likeness (QED) is 0.716. The van der Waals surface area contributed by atoms with Crippen LogP contribution in [0.1, 0.15) is 32.6 Å². The standard InChI is InChI=1S/C11H22N2/c1-9(11-3-2-4-11)13-6-5-10(7-12)8-13/h9-11H,2-8,12H2,1H3. The van der Waals surface area contributed by atoms with E-state index < -0.39 is 0 Å². The van der Waals surface area contributed by atoms with Crippen LogP contribution in [0.4, 0.5) is 0 Å².